The first-order valence-corrected chi connectivity index (χ1v) is 4.20. The maximum Gasteiger partial charge on any atom is 0.0556 e. The number of nitrogens with one attached hydrogen (secondary N) is 1. The molecule has 74 valence electrons. The van der Waals surface area contributed by atoms with Gasteiger partial charge in [0.2, 0.25) is 0 Å². The van der Waals surface area contributed by atoms with E-state index in [0.717, 1.165) is 6.54 Å². The highest BCUT2D eigenvalue weighted by atomic mass is 35.5. The molecule has 2 nitrogen and oxygen atoms in total. The number of aliphatic hydroxyl groups excluding tert-OH is 1. The molecule has 13 heavy (non-hydrogen) atoms. The Bertz CT molecular complexity index is 240. The van der Waals surface area contributed by atoms with Crippen molar-refractivity contribution in [1.82, 2.24) is 5.32 Å². The first kappa shape index (κ1) is 12.4. The predicted octanol–water partition coefficient (Wildman–Crippen LogP) is -1.92. The third kappa shape index (κ3) is 4.27. The first-order valence-electron chi connectivity index (χ1n) is 4.20. The quantitative estimate of drug-likeness (QED) is 0.556. The minimum absolute atomic E-state index is 0. The van der Waals surface area contributed by atoms with Gasteiger partial charge in [0.15, 0.2) is 0 Å². The Balaban J connectivity index is 0.00000144. The summed E-state index contributed by atoms with van der Waals surface area (Å²) in [6.45, 7) is 3.80. The largest absolute Gasteiger partial charge is 1.00 e. The van der Waals surface area contributed by atoms with Crippen LogP contribution in [-0.2, 0) is 6.54 Å². The number of benzene rings is 1. The van der Waals surface area contributed by atoms with E-state index in [1.54, 1.807) is 0 Å². The van der Waals surface area contributed by atoms with E-state index in [0.29, 0.717) is 6.54 Å². The van der Waals surface area contributed by atoms with Gasteiger partial charge in [-0.2, -0.15) is 0 Å². The van der Waals surface area contributed by atoms with Crippen molar-refractivity contribution in [1.29, 1.82) is 0 Å². The van der Waals surface area contributed by atoms with Crippen LogP contribution in [0.2, 0.25) is 0 Å². The maximum atomic E-state index is 8.55. The molecule has 0 atom stereocenters. The highest BCUT2D eigenvalue weighted by Gasteiger charge is 1.94. The van der Waals surface area contributed by atoms with E-state index in [1.807, 2.05) is 12.1 Å². The minimum atomic E-state index is 0. The fourth-order valence-corrected chi connectivity index (χ4v) is 1.11. The molecule has 0 aliphatic carbocycles. The lowest BCUT2D eigenvalue weighted by Gasteiger charge is -2.05. The summed E-state index contributed by atoms with van der Waals surface area (Å²) in [6, 6.07) is 8.25. The molecule has 1 aromatic rings. The van der Waals surface area contributed by atoms with Crippen LogP contribution in [0.1, 0.15) is 11.1 Å². The van der Waals surface area contributed by atoms with Crippen LogP contribution in [0.3, 0.4) is 0 Å². The van der Waals surface area contributed by atoms with Gasteiger partial charge in [-0.1, -0.05) is 24.3 Å². The average Bonchev–Trinajstić information content (AvgIpc) is 2.09. The molecule has 0 saturated heterocycles. The second-order valence-electron chi connectivity index (χ2n) is 2.83. The second-order valence-corrected chi connectivity index (χ2v) is 2.83. The molecule has 0 aromatic heterocycles. The monoisotopic (exact) mass is 200 g/mol. The van der Waals surface area contributed by atoms with Gasteiger partial charge < -0.3 is 22.8 Å². The van der Waals surface area contributed by atoms with Gasteiger partial charge in [-0.3, -0.25) is 0 Å². The number of hydrogen-bond acceptors (Lipinski definition) is 2. The molecule has 0 heterocycles. The molecule has 0 radical (unpaired) electrons. The lowest BCUT2D eigenvalue weighted by atomic mass is 10.1. The maximum absolute atomic E-state index is 8.55. The summed E-state index contributed by atoms with van der Waals surface area (Å²) in [5, 5.41) is 11.7. The number of hydrogen-bond donors (Lipinski definition) is 2. The van der Waals surface area contributed by atoms with Gasteiger partial charge in [-0.05, 0) is 18.1 Å². The smallest absolute Gasteiger partial charge is 0.0556 e. The van der Waals surface area contributed by atoms with E-state index in [-0.39, 0.29) is 19.0 Å². The second kappa shape index (κ2) is 6.89. The molecule has 0 aliphatic heterocycles. The molecule has 0 aliphatic rings. The van der Waals surface area contributed by atoms with E-state index in [2.05, 4.69) is 24.4 Å². The Morgan fingerprint density at radius 2 is 2.00 bits per heavy atom. The van der Waals surface area contributed by atoms with Crippen molar-refractivity contribution in [3.8, 4) is 0 Å². The molecule has 0 amide bonds. The number of aliphatic hydroxyl groups is 1. The third-order valence-electron chi connectivity index (χ3n) is 1.87. The van der Waals surface area contributed by atoms with Gasteiger partial charge in [0, 0.05) is 13.1 Å². The van der Waals surface area contributed by atoms with E-state index in [4.69, 9.17) is 5.11 Å². The van der Waals surface area contributed by atoms with Crippen LogP contribution in [0, 0.1) is 6.92 Å². The van der Waals surface area contributed by atoms with Crippen molar-refractivity contribution in [3.63, 3.8) is 0 Å². The average molecular weight is 201 g/mol. The predicted molar refractivity (Wildman–Crippen MR) is 50.0 cm³/mol. The van der Waals surface area contributed by atoms with E-state index >= 15 is 0 Å². The van der Waals surface area contributed by atoms with Crippen LogP contribution in [-0.4, -0.2) is 18.3 Å². The van der Waals surface area contributed by atoms with E-state index in [9.17, 15) is 0 Å². The molecule has 2 N–H and O–H groups in total. The fourth-order valence-electron chi connectivity index (χ4n) is 1.11. The van der Waals surface area contributed by atoms with E-state index in [1.165, 1.54) is 11.1 Å². The molecule has 3 heteroatoms. The van der Waals surface area contributed by atoms with Crippen LogP contribution in [0.25, 0.3) is 0 Å². The van der Waals surface area contributed by atoms with Gasteiger partial charge in [0.1, 0.15) is 0 Å². The summed E-state index contributed by atoms with van der Waals surface area (Å²) in [7, 11) is 0. The normalized spacial score (nSPS) is 9.38. The van der Waals surface area contributed by atoms with Crippen molar-refractivity contribution in [2.75, 3.05) is 13.2 Å². The molecule has 1 rings (SSSR count). The lowest BCUT2D eigenvalue weighted by molar-refractivity contribution is -0.00000363. The summed E-state index contributed by atoms with van der Waals surface area (Å²) in [5.41, 5.74) is 2.59. The zero-order valence-electron chi connectivity index (χ0n) is 7.76. The molecular weight excluding hydrogens is 186 g/mol. The van der Waals surface area contributed by atoms with Crippen LogP contribution in [0.5, 0.6) is 0 Å². The summed E-state index contributed by atoms with van der Waals surface area (Å²) < 4.78 is 0. The third-order valence-corrected chi connectivity index (χ3v) is 1.87. The number of aryl methyl sites for hydroxylation is 1. The van der Waals surface area contributed by atoms with Crippen molar-refractivity contribution in [2.24, 2.45) is 0 Å². The molecule has 1 aromatic carbocycles. The standard InChI is InChI=1S/C10H15NO.ClH/c1-9-4-2-3-5-10(9)8-11-6-7-12;/h2-5,11-12H,6-8H2,1H3;1H/p-1. The SMILES string of the molecule is Cc1ccccc1CNCCO.[Cl-]. The van der Waals surface area contributed by atoms with Crippen LogP contribution in [0.15, 0.2) is 24.3 Å². The van der Waals surface area contributed by atoms with Gasteiger partial charge in [-0.15, -0.1) is 0 Å². The van der Waals surface area contributed by atoms with Crippen LogP contribution in [0.4, 0.5) is 0 Å². The Morgan fingerprint density at radius 1 is 1.31 bits per heavy atom. The molecule has 0 spiro atoms. The molecule has 0 bridgehead atoms. The number of rotatable bonds is 4. The van der Waals surface area contributed by atoms with Crippen molar-refractivity contribution in [2.45, 2.75) is 13.5 Å². The first-order chi connectivity index (χ1) is 5.84. The summed E-state index contributed by atoms with van der Waals surface area (Å²) in [6.07, 6.45) is 0. The number of halogens is 1. The summed E-state index contributed by atoms with van der Waals surface area (Å²) >= 11 is 0. The molecule has 0 unspecified atom stereocenters. The molecule has 0 saturated carbocycles. The minimum Gasteiger partial charge on any atom is -1.00 e. The van der Waals surface area contributed by atoms with Crippen LogP contribution < -0.4 is 17.7 Å². The van der Waals surface area contributed by atoms with Crippen molar-refractivity contribution in [3.05, 3.63) is 35.4 Å². The van der Waals surface area contributed by atoms with E-state index < -0.39 is 0 Å². The Hall–Kier alpha value is -0.570. The van der Waals surface area contributed by atoms with Crippen molar-refractivity contribution < 1.29 is 17.5 Å². The van der Waals surface area contributed by atoms with Gasteiger partial charge in [0.05, 0.1) is 6.61 Å². The summed E-state index contributed by atoms with van der Waals surface area (Å²) in [5.74, 6) is 0. The van der Waals surface area contributed by atoms with Crippen LogP contribution >= 0.6 is 0 Å². The highest BCUT2D eigenvalue weighted by molar-refractivity contribution is 5.25. The highest BCUT2D eigenvalue weighted by Crippen LogP contribution is 2.05. The molecule has 0 fully saturated rings. The Kier molecular flexibility index (Phi) is 6.59. The topological polar surface area (TPSA) is 32.3 Å². The lowest BCUT2D eigenvalue weighted by Crippen LogP contribution is -3.00. The van der Waals surface area contributed by atoms with Gasteiger partial charge in [0.25, 0.3) is 0 Å². The fraction of sp³-hybridized carbons (Fsp3) is 0.400. The summed E-state index contributed by atoms with van der Waals surface area (Å²) in [4.78, 5) is 0. The zero-order chi connectivity index (χ0) is 8.81. The van der Waals surface area contributed by atoms with Gasteiger partial charge in [-0.25, -0.2) is 0 Å². The van der Waals surface area contributed by atoms with Crippen molar-refractivity contribution >= 4 is 0 Å². The molecular formula is C10H15ClNO-. The van der Waals surface area contributed by atoms with Gasteiger partial charge >= 0.3 is 0 Å². The Morgan fingerprint density at radius 3 is 2.62 bits per heavy atom. The Labute approximate surface area is 85.4 Å². The zero-order valence-corrected chi connectivity index (χ0v) is 8.51.